The molecule has 0 saturated carbocycles. The number of ether oxygens (including phenoxy) is 1. The highest BCUT2D eigenvalue weighted by atomic mass is 32.1. The predicted octanol–water partition coefficient (Wildman–Crippen LogP) is 2.26. The largest absolute Gasteiger partial charge is 0.418 e. The Balaban J connectivity index is 1.61. The molecule has 3 heterocycles. The molecule has 1 aliphatic rings. The van der Waals surface area contributed by atoms with E-state index in [0.29, 0.717) is 38.0 Å². The van der Waals surface area contributed by atoms with E-state index in [1.165, 1.54) is 0 Å². The van der Waals surface area contributed by atoms with E-state index in [9.17, 15) is 4.79 Å². The van der Waals surface area contributed by atoms with Gasteiger partial charge in [0, 0.05) is 19.6 Å². The van der Waals surface area contributed by atoms with Gasteiger partial charge in [-0.1, -0.05) is 13.0 Å². The summed E-state index contributed by atoms with van der Waals surface area (Å²) in [5.74, 6) is 1.07. The predicted molar refractivity (Wildman–Crippen MR) is 95.2 cm³/mol. The molecule has 0 spiro atoms. The molecule has 2 aromatic rings. The zero-order valence-electron chi connectivity index (χ0n) is 14.7. The van der Waals surface area contributed by atoms with Gasteiger partial charge >= 0.3 is 0 Å². The van der Waals surface area contributed by atoms with E-state index in [1.807, 2.05) is 24.4 Å². The summed E-state index contributed by atoms with van der Waals surface area (Å²) in [5, 5.41) is 10.2. The van der Waals surface area contributed by atoms with Gasteiger partial charge in [-0.3, -0.25) is 9.69 Å². The van der Waals surface area contributed by atoms with E-state index in [-0.39, 0.29) is 12.0 Å². The van der Waals surface area contributed by atoms with Crippen molar-refractivity contribution < 1.29 is 13.9 Å². The highest BCUT2D eigenvalue weighted by molar-refractivity contribution is 7.13. The molecule has 0 bridgehead atoms. The number of thiophene rings is 1. The van der Waals surface area contributed by atoms with Gasteiger partial charge in [0.05, 0.1) is 30.7 Å². The molecule has 1 saturated heterocycles. The van der Waals surface area contributed by atoms with Crippen LogP contribution in [0, 0.1) is 0 Å². The molecule has 3 rings (SSSR count). The molecule has 1 aliphatic heterocycles. The van der Waals surface area contributed by atoms with Crippen molar-refractivity contribution in [2.45, 2.75) is 32.9 Å². The molecule has 25 heavy (non-hydrogen) atoms. The number of carbonyl (C=O) groups excluding carboxylic acids is 1. The van der Waals surface area contributed by atoms with Gasteiger partial charge in [-0.2, -0.15) is 0 Å². The Hall–Kier alpha value is -1.77. The quantitative estimate of drug-likeness (QED) is 0.750. The van der Waals surface area contributed by atoms with Crippen LogP contribution in [0.3, 0.4) is 0 Å². The number of rotatable bonds is 7. The molecule has 0 N–H and O–H groups in total. The smallest absolute Gasteiger partial charge is 0.257 e. The van der Waals surface area contributed by atoms with Crippen LogP contribution in [-0.4, -0.2) is 64.8 Å². The Morgan fingerprint density at radius 3 is 3.08 bits per heavy atom. The Kier molecular flexibility index (Phi) is 6.17. The molecule has 0 radical (unpaired) electrons. The molecular weight excluding hydrogens is 340 g/mol. The monoisotopic (exact) mass is 364 g/mol. The van der Waals surface area contributed by atoms with Crippen LogP contribution in [0.2, 0.25) is 0 Å². The van der Waals surface area contributed by atoms with E-state index in [1.54, 1.807) is 16.2 Å². The molecule has 1 atom stereocenters. The minimum Gasteiger partial charge on any atom is -0.418 e. The van der Waals surface area contributed by atoms with Crippen LogP contribution in [0.1, 0.15) is 26.2 Å². The molecule has 0 aromatic carbocycles. The number of hydrogen-bond donors (Lipinski definition) is 0. The first-order valence-electron chi connectivity index (χ1n) is 8.63. The van der Waals surface area contributed by atoms with Crippen molar-refractivity contribution in [3.63, 3.8) is 0 Å². The molecule has 136 valence electrons. The van der Waals surface area contributed by atoms with Gasteiger partial charge in [-0.05, 0) is 24.8 Å². The maximum atomic E-state index is 12.7. The van der Waals surface area contributed by atoms with Crippen LogP contribution < -0.4 is 0 Å². The van der Waals surface area contributed by atoms with E-state index >= 15 is 0 Å². The van der Waals surface area contributed by atoms with Crippen molar-refractivity contribution >= 4 is 17.2 Å². The van der Waals surface area contributed by atoms with Crippen molar-refractivity contribution in [2.24, 2.45) is 0 Å². The van der Waals surface area contributed by atoms with Crippen molar-refractivity contribution in [2.75, 3.05) is 32.8 Å². The average Bonchev–Trinajstić information content (AvgIpc) is 3.26. The van der Waals surface area contributed by atoms with E-state index in [2.05, 4.69) is 22.0 Å². The lowest BCUT2D eigenvalue weighted by Gasteiger charge is -2.32. The normalized spacial score (nSPS) is 18.4. The zero-order chi connectivity index (χ0) is 17.6. The minimum atomic E-state index is 0.0897. The van der Waals surface area contributed by atoms with Crippen molar-refractivity contribution in [1.82, 2.24) is 20.0 Å². The summed E-state index contributed by atoms with van der Waals surface area (Å²) in [6.45, 7) is 7.77. The summed E-state index contributed by atoms with van der Waals surface area (Å²) in [4.78, 5) is 17.6. The molecular formula is C17H24N4O3S. The van der Waals surface area contributed by atoms with Gasteiger partial charge in [0.15, 0.2) is 0 Å². The van der Waals surface area contributed by atoms with Crippen LogP contribution in [-0.2, 0) is 16.1 Å². The van der Waals surface area contributed by atoms with Gasteiger partial charge < -0.3 is 14.1 Å². The topological polar surface area (TPSA) is 71.7 Å². The van der Waals surface area contributed by atoms with Gasteiger partial charge in [0.25, 0.3) is 5.89 Å². The Morgan fingerprint density at radius 2 is 2.36 bits per heavy atom. The first-order chi connectivity index (χ1) is 12.2. The summed E-state index contributed by atoms with van der Waals surface area (Å²) in [7, 11) is 0. The average molecular weight is 364 g/mol. The summed E-state index contributed by atoms with van der Waals surface area (Å²) in [6.07, 6.45) is 1.06. The molecule has 1 amide bonds. The Labute approximate surface area is 151 Å². The Morgan fingerprint density at radius 1 is 1.48 bits per heavy atom. The molecule has 7 nitrogen and oxygen atoms in total. The van der Waals surface area contributed by atoms with E-state index in [0.717, 1.165) is 24.4 Å². The van der Waals surface area contributed by atoms with Gasteiger partial charge in [0.1, 0.15) is 0 Å². The third kappa shape index (κ3) is 4.87. The van der Waals surface area contributed by atoms with Crippen molar-refractivity contribution in [3.05, 3.63) is 23.4 Å². The lowest BCUT2D eigenvalue weighted by Crippen LogP contribution is -2.47. The lowest BCUT2D eigenvalue weighted by molar-refractivity contribution is -0.135. The third-order valence-electron chi connectivity index (χ3n) is 4.06. The number of carbonyl (C=O) groups is 1. The van der Waals surface area contributed by atoms with E-state index in [4.69, 9.17) is 9.15 Å². The second-order valence-corrected chi connectivity index (χ2v) is 7.16. The molecule has 8 heteroatoms. The number of morpholine rings is 1. The molecule has 1 unspecified atom stereocenters. The molecule has 1 fully saturated rings. The van der Waals surface area contributed by atoms with Crippen LogP contribution in [0.25, 0.3) is 10.8 Å². The van der Waals surface area contributed by atoms with Gasteiger partial charge in [-0.25, -0.2) is 0 Å². The highest BCUT2D eigenvalue weighted by Gasteiger charge is 2.23. The summed E-state index contributed by atoms with van der Waals surface area (Å²) in [5.41, 5.74) is 0. The molecule has 0 aliphatic carbocycles. The Bertz CT molecular complexity index is 673. The van der Waals surface area contributed by atoms with Crippen LogP contribution in [0.4, 0.5) is 0 Å². The van der Waals surface area contributed by atoms with Crippen LogP contribution in [0.15, 0.2) is 21.9 Å². The second kappa shape index (κ2) is 8.55. The maximum Gasteiger partial charge on any atom is 0.257 e. The van der Waals surface area contributed by atoms with Crippen LogP contribution >= 0.6 is 11.3 Å². The lowest BCUT2D eigenvalue weighted by atomic mass is 10.3. The summed E-state index contributed by atoms with van der Waals surface area (Å²) < 4.78 is 11.3. The number of hydrogen-bond acceptors (Lipinski definition) is 7. The SMILES string of the molecule is CCCN(Cc1nnc(-c2cccs2)o1)C(=O)CN1CCOC(C)C1. The maximum absolute atomic E-state index is 12.7. The second-order valence-electron chi connectivity index (χ2n) is 6.21. The van der Waals surface area contributed by atoms with Crippen molar-refractivity contribution in [3.8, 4) is 10.8 Å². The van der Waals surface area contributed by atoms with Gasteiger partial charge in [-0.15, -0.1) is 21.5 Å². The van der Waals surface area contributed by atoms with Gasteiger partial charge in [0.2, 0.25) is 11.8 Å². The third-order valence-corrected chi connectivity index (χ3v) is 4.91. The van der Waals surface area contributed by atoms with Crippen LogP contribution in [0.5, 0.6) is 0 Å². The molecule has 2 aromatic heterocycles. The first kappa shape index (κ1) is 18.0. The zero-order valence-corrected chi connectivity index (χ0v) is 15.5. The standard InChI is InChI=1S/C17H24N4O3S/c1-3-6-21(16(22)12-20-7-8-23-13(2)10-20)11-15-18-19-17(24-15)14-5-4-9-25-14/h4-5,9,13H,3,6-8,10-12H2,1-2H3. The van der Waals surface area contributed by atoms with Crippen molar-refractivity contribution in [1.29, 1.82) is 0 Å². The number of nitrogens with zero attached hydrogens (tertiary/aromatic N) is 4. The summed E-state index contributed by atoms with van der Waals surface area (Å²) >= 11 is 1.55. The number of amides is 1. The van der Waals surface area contributed by atoms with E-state index < -0.39 is 0 Å². The number of aromatic nitrogens is 2. The first-order valence-corrected chi connectivity index (χ1v) is 9.51. The fourth-order valence-corrected chi connectivity index (χ4v) is 3.51. The summed E-state index contributed by atoms with van der Waals surface area (Å²) in [6, 6.07) is 3.89. The highest BCUT2D eigenvalue weighted by Crippen LogP contribution is 2.23. The fourth-order valence-electron chi connectivity index (χ4n) is 2.87. The minimum absolute atomic E-state index is 0.0897. The fraction of sp³-hybridized carbons (Fsp3) is 0.588.